The van der Waals surface area contributed by atoms with Crippen LogP contribution in [-0.4, -0.2) is 24.2 Å². The van der Waals surface area contributed by atoms with E-state index in [1.54, 1.807) is 14.2 Å². The van der Waals surface area contributed by atoms with Crippen molar-refractivity contribution >= 4 is 33.6 Å². The fraction of sp³-hybridized carbons (Fsp3) is 0.222. The number of nitrogens with one attached hydrogen (secondary N) is 1. The topological polar surface area (TPSA) is 47.1 Å². The Labute approximate surface area is 94.8 Å². The number of hydrogen-bond acceptors (Lipinski definition) is 3. The second kappa shape index (κ2) is 3.64. The normalized spacial score (nSPS) is 10.5. The van der Waals surface area contributed by atoms with E-state index in [1.807, 2.05) is 12.3 Å². The van der Waals surface area contributed by atoms with E-state index >= 15 is 0 Å². The Balaban J connectivity index is 2.71. The number of nitrogens with zero attached hydrogens (tertiary/aromatic N) is 1. The van der Waals surface area contributed by atoms with Crippen molar-refractivity contribution < 1.29 is 9.47 Å². The standard InChI is InChI=1S/C9H9IN2O2/c1-13-7-3-6-8(5(10)4-11-6)12-9(7)14-2/h3-4,11H,1-2H3. The van der Waals surface area contributed by atoms with E-state index in [0.717, 1.165) is 14.6 Å². The zero-order chi connectivity index (χ0) is 10.1. The molecule has 5 heteroatoms. The van der Waals surface area contributed by atoms with Gasteiger partial charge in [0.05, 0.1) is 23.3 Å². The Morgan fingerprint density at radius 2 is 2.14 bits per heavy atom. The van der Waals surface area contributed by atoms with E-state index in [4.69, 9.17) is 9.47 Å². The van der Waals surface area contributed by atoms with Gasteiger partial charge >= 0.3 is 0 Å². The van der Waals surface area contributed by atoms with E-state index in [2.05, 4.69) is 32.6 Å². The largest absolute Gasteiger partial charge is 0.491 e. The molecule has 0 radical (unpaired) electrons. The van der Waals surface area contributed by atoms with E-state index in [9.17, 15) is 0 Å². The summed E-state index contributed by atoms with van der Waals surface area (Å²) in [4.78, 5) is 7.45. The van der Waals surface area contributed by atoms with Crippen LogP contribution in [0.3, 0.4) is 0 Å². The fourth-order valence-corrected chi connectivity index (χ4v) is 1.84. The molecule has 0 bridgehead atoms. The number of halogens is 1. The second-order valence-corrected chi connectivity index (χ2v) is 3.89. The Hall–Kier alpha value is -0.980. The van der Waals surface area contributed by atoms with E-state index < -0.39 is 0 Å². The van der Waals surface area contributed by atoms with Crippen LogP contribution < -0.4 is 9.47 Å². The van der Waals surface area contributed by atoms with Gasteiger partial charge in [-0.05, 0) is 22.6 Å². The summed E-state index contributed by atoms with van der Waals surface area (Å²) in [6.07, 6.45) is 1.90. The SMILES string of the molecule is COc1cc2[nH]cc(I)c2nc1OC. The average molecular weight is 304 g/mol. The summed E-state index contributed by atoms with van der Waals surface area (Å²) in [5, 5.41) is 0. The highest BCUT2D eigenvalue weighted by Crippen LogP contribution is 2.29. The van der Waals surface area contributed by atoms with Gasteiger partial charge in [0.1, 0.15) is 5.52 Å². The van der Waals surface area contributed by atoms with Crippen LogP contribution in [0.1, 0.15) is 0 Å². The lowest BCUT2D eigenvalue weighted by Crippen LogP contribution is -1.93. The first-order valence-corrected chi connectivity index (χ1v) is 5.09. The first-order valence-electron chi connectivity index (χ1n) is 4.02. The van der Waals surface area contributed by atoms with Gasteiger partial charge in [0, 0.05) is 12.3 Å². The monoisotopic (exact) mass is 304 g/mol. The van der Waals surface area contributed by atoms with Crippen molar-refractivity contribution in [3.63, 3.8) is 0 Å². The molecule has 2 rings (SSSR count). The molecule has 0 unspecified atom stereocenters. The third-order valence-corrected chi connectivity index (χ3v) is 2.77. The van der Waals surface area contributed by atoms with Crippen LogP contribution in [-0.2, 0) is 0 Å². The number of H-pyrrole nitrogens is 1. The molecule has 4 nitrogen and oxygen atoms in total. The lowest BCUT2D eigenvalue weighted by molar-refractivity contribution is 0.344. The minimum Gasteiger partial charge on any atom is -0.491 e. The Morgan fingerprint density at radius 1 is 1.36 bits per heavy atom. The van der Waals surface area contributed by atoms with Crippen molar-refractivity contribution in [2.24, 2.45) is 0 Å². The summed E-state index contributed by atoms with van der Waals surface area (Å²) in [5.74, 6) is 1.15. The van der Waals surface area contributed by atoms with Crippen LogP contribution in [0.15, 0.2) is 12.3 Å². The Bertz CT molecular complexity index is 467. The molecule has 14 heavy (non-hydrogen) atoms. The van der Waals surface area contributed by atoms with Crippen molar-refractivity contribution in [2.45, 2.75) is 0 Å². The molecule has 0 aromatic carbocycles. The molecule has 0 saturated carbocycles. The molecule has 74 valence electrons. The van der Waals surface area contributed by atoms with Crippen LogP contribution in [0.5, 0.6) is 11.6 Å². The van der Waals surface area contributed by atoms with Gasteiger partial charge in [0.25, 0.3) is 5.88 Å². The van der Waals surface area contributed by atoms with Crippen LogP contribution in [0, 0.1) is 3.57 Å². The molecule has 2 aromatic heterocycles. The minimum atomic E-state index is 0.512. The molecule has 2 heterocycles. The lowest BCUT2D eigenvalue weighted by atomic mass is 10.3. The van der Waals surface area contributed by atoms with Crippen molar-refractivity contribution in [3.05, 3.63) is 15.8 Å². The molecule has 0 aliphatic carbocycles. The summed E-state index contributed by atoms with van der Waals surface area (Å²) >= 11 is 2.22. The molecule has 0 aliphatic heterocycles. The third kappa shape index (κ3) is 1.41. The van der Waals surface area contributed by atoms with Crippen LogP contribution in [0.2, 0.25) is 0 Å². The van der Waals surface area contributed by atoms with E-state index in [1.165, 1.54) is 0 Å². The van der Waals surface area contributed by atoms with E-state index in [-0.39, 0.29) is 0 Å². The highest BCUT2D eigenvalue weighted by molar-refractivity contribution is 14.1. The summed E-state index contributed by atoms with van der Waals surface area (Å²) in [7, 11) is 3.18. The fourth-order valence-electron chi connectivity index (χ4n) is 1.27. The highest BCUT2D eigenvalue weighted by Gasteiger charge is 2.10. The maximum absolute atomic E-state index is 5.14. The first-order chi connectivity index (χ1) is 6.76. The van der Waals surface area contributed by atoms with Gasteiger partial charge in [-0.1, -0.05) is 0 Å². The van der Waals surface area contributed by atoms with Gasteiger partial charge in [-0.3, -0.25) is 0 Å². The summed E-state index contributed by atoms with van der Waals surface area (Å²) in [6, 6.07) is 1.88. The molecule has 0 saturated heterocycles. The zero-order valence-electron chi connectivity index (χ0n) is 7.80. The number of ether oxygens (including phenoxy) is 2. The molecule has 0 amide bonds. The van der Waals surface area contributed by atoms with Crippen molar-refractivity contribution in [1.82, 2.24) is 9.97 Å². The van der Waals surface area contributed by atoms with Crippen LogP contribution in [0.25, 0.3) is 11.0 Å². The number of rotatable bonds is 2. The summed E-state index contributed by atoms with van der Waals surface area (Å²) in [5.41, 5.74) is 1.86. The predicted molar refractivity (Wildman–Crippen MR) is 61.9 cm³/mol. The number of pyridine rings is 1. The number of methoxy groups -OCH3 is 2. The van der Waals surface area contributed by atoms with Crippen molar-refractivity contribution in [2.75, 3.05) is 14.2 Å². The van der Waals surface area contributed by atoms with E-state index in [0.29, 0.717) is 11.6 Å². The van der Waals surface area contributed by atoms with Gasteiger partial charge in [-0.2, -0.15) is 0 Å². The first kappa shape index (κ1) is 9.57. The lowest BCUT2D eigenvalue weighted by Gasteiger charge is -2.05. The van der Waals surface area contributed by atoms with Gasteiger partial charge < -0.3 is 14.5 Å². The quantitative estimate of drug-likeness (QED) is 0.865. The van der Waals surface area contributed by atoms with Gasteiger partial charge in [0.15, 0.2) is 5.75 Å². The van der Waals surface area contributed by atoms with Gasteiger partial charge in [-0.25, -0.2) is 4.98 Å². The van der Waals surface area contributed by atoms with Gasteiger partial charge in [-0.15, -0.1) is 0 Å². The van der Waals surface area contributed by atoms with Crippen molar-refractivity contribution in [3.8, 4) is 11.6 Å². The maximum Gasteiger partial charge on any atom is 0.257 e. The number of aromatic nitrogens is 2. The molecule has 0 atom stereocenters. The Morgan fingerprint density at radius 3 is 2.79 bits per heavy atom. The van der Waals surface area contributed by atoms with Crippen LogP contribution in [0.4, 0.5) is 0 Å². The Kier molecular flexibility index (Phi) is 2.49. The zero-order valence-corrected chi connectivity index (χ0v) is 9.95. The molecular formula is C9H9IN2O2. The highest BCUT2D eigenvalue weighted by atomic mass is 127. The van der Waals surface area contributed by atoms with Gasteiger partial charge in [0.2, 0.25) is 0 Å². The number of hydrogen-bond donors (Lipinski definition) is 1. The van der Waals surface area contributed by atoms with Crippen LogP contribution >= 0.6 is 22.6 Å². The maximum atomic E-state index is 5.14. The minimum absolute atomic E-state index is 0.512. The third-order valence-electron chi connectivity index (χ3n) is 1.95. The summed E-state index contributed by atoms with van der Waals surface area (Å²) in [6.45, 7) is 0. The molecule has 0 fully saturated rings. The molecule has 0 aliphatic rings. The molecular weight excluding hydrogens is 295 g/mol. The number of aromatic amines is 1. The summed E-state index contributed by atoms with van der Waals surface area (Å²) < 4.78 is 11.3. The number of fused-ring (bicyclic) bond motifs is 1. The molecule has 1 N–H and O–H groups in total. The second-order valence-electron chi connectivity index (χ2n) is 2.73. The molecule has 2 aromatic rings. The smallest absolute Gasteiger partial charge is 0.257 e. The molecule has 0 spiro atoms. The average Bonchev–Trinajstić information content (AvgIpc) is 2.58. The predicted octanol–water partition coefficient (Wildman–Crippen LogP) is 2.18. The van der Waals surface area contributed by atoms with Crippen molar-refractivity contribution in [1.29, 1.82) is 0 Å².